The van der Waals surface area contributed by atoms with Gasteiger partial charge in [0.05, 0.1) is 22.8 Å². The fourth-order valence-electron chi connectivity index (χ4n) is 4.78. The molecule has 2 aromatic rings. The van der Waals surface area contributed by atoms with E-state index in [0.29, 0.717) is 23.7 Å². The maximum atomic E-state index is 4.81. The molecule has 0 spiro atoms. The number of nitrogens with zero attached hydrogens (tertiary/aromatic N) is 2. The van der Waals surface area contributed by atoms with Gasteiger partial charge in [-0.15, -0.1) is 0 Å². The molecule has 0 unspecified atom stereocenters. The van der Waals surface area contributed by atoms with Crippen LogP contribution in [0.5, 0.6) is 0 Å². The van der Waals surface area contributed by atoms with Gasteiger partial charge in [-0.1, -0.05) is 105 Å². The van der Waals surface area contributed by atoms with Gasteiger partial charge >= 0.3 is 0 Å². The molecule has 40 heavy (non-hydrogen) atoms. The summed E-state index contributed by atoms with van der Waals surface area (Å²) in [6, 6.07) is 13.1. The van der Waals surface area contributed by atoms with E-state index < -0.39 is 0 Å². The van der Waals surface area contributed by atoms with Crippen molar-refractivity contribution < 1.29 is 0 Å². The number of para-hydroxylation sites is 2. The Kier molecular flexibility index (Phi) is 12.9. The third-order valence-electron chi connectivity index (χ3n) is 7.44. The van der Waals surface area contributed by atoms with Crippen molar-refractivity contribution in [3.05, 3.63) is 83.2 Å². The van der Waals surface area contributed by atoms with E-state index in [1.165, 1.54) is 33.6 Å². The van der Waals surface area contributed by atoms with E-state index in [1.807, 2.05) is 13.8 Å². The highest BCUT2D eigenvalue weighted by Crippen LogP contribution is 2.34. The van der Waals surface area contributed by atoms with Crippen LogP contribution in [0.4, 0.5) is 11.4 Å². The summed E-state index contributed by atoms with van der Waals surface area (Å²) < 4.78 is 0. The lowest BCUT2D eigenvalue weighted by molar-refractivity contribution is 0.756. The van der Waals surface area contributed by atoms with Crippen LogP contribution in [0.15, 0.2) is 70.9 Å². The topological polar surface area (TPSA) is 48.8 Å². The van der Waals surface area contributed by atoms with Crippen molar-refractivity contribution in [1.29, 1.82) is 0 Å². The standard InChI is InChI=1S/C36H54N4/c1-23(2)31-17-15-18-32(24(3)4)35(31)39-29(11)27(9)37-21-13-14-22-38-28(10)30(12)40-36-33(25(5)6)19-16-20-34(36)26(7)8/h15-20,23-26,39-40H,11-14,21-22H2,1-10H3. The lowest BCUT2D eigenvalue weighted by Crippen LogP contribution is -2.12. The molecule has 2 rings (SSSR count). The average molecular weight is 543 g/mol. The maximum absolute atomic E-state index is 4.81. The molecule has 0 saturated carbocycles. The zero-order chi connectivity index (χ0) is 30.0. The monoisotopic (exact) mass is 542 g/mol. The smallest absolute Gasteiger partial charge is 0.0545 e. The molecule has 0 saturated heterocycles. The third kappa shape index (κ3) is 9.21. The fourth-order valence-corrected chi connectivity index (χ4v) is 4.78. The number of unbranched alkanes of at least 4 members (excludes halogenated alkanes) is 1. The number of hydrogen-bond acceptors (Lipinski definition) is 4. The van der Waals surface area contributed by atoms with Crippen molar-refractivity contribution in [3.63, 3.8) is 0 Å². The van der Waals surface area contributed by atoms with E-state index in [1.54, 1.807) is 0 Å². The van der Waals surface area contributed by atoms with E-state index in [4.69, 9.17) is 9.98 Å². The minimum absolute atomic E-state index is 0.434. The maximum Gasteiger partial charge on any atom is 0.0545 e. The number of benzene rings is 2. The molecule has 0 aliphatic heterocycles. The van der Waals surface area contributed by atoms with Gasteiger partial charge in [0.1, 0.15) is 0 Å². The Morgan fingerprint density at radius 3 is 1.10 bits per heavy atom. The average Bonchev–Trinajstić information content (AvgIpc) is 2.89. The number of nitrogens with one attached hydrogen (secondary N) is 2. The first kappa shape index (κ1) is 33.1. The minimum atomic E-state index is 0.434. The van der Waals surface area contributed by atoms with E-state index in [0.717, 1.165) is 48.7 Å². The predicted molar refractivity (Wildman–Crippen MR) is 180 cm³/mol. The van der Waals surface area contributed by atoms with Crippen LogP contribution >= 0.6 is 0 Å². The zero-order valence-electron chi connectivity index (χ0n) is 26.9. The normalized spacial score (nSPS) is 12.6. The molecule has 0 aromatic heterocycles. The lowest BCUT2D eigenvalue weighted by atomic mass is 9.92. The van der Waals surface area contributed by atoms with Crippen LogP contribution in [0.25, 0.3) is 0 Å². The summed E-state index contributed by atoms with van der Waals surface area (Å²) in [6.45, 7) is 32.1. The molecule has 4 heteroatoms. The molecule has 0 heterocycles. The Morgan fingerprint density at radius 1 is 0.575 bits per heavy atom. The number of anilines is 2. The van der Waals surface area contributed by atoms with Gasteiger partial charge < -0.3 is 10.6 Å². The molecule has 2 N–H and O–H groups in total. The van der Waals surface area contributed by atoms with Crippen molar-refractivity contribution in [3.8, 4) is 0 Å². The zero-order valence-corrected chi connectivity index (χ0v) is 26.9. The van der Waals surface area contributed by atoms with Gasteiger partial charge in [0.25, 0.3) is 0 Å². The Hall–Kier alpha value is -3.14. The van der Waals surface area contributed by atoms with Crippen LogP contribution in [0.3, 0.4) is 0 Å². The Bertz CT molecular complexity index is 1060. The second-order valence-corrected chi connectivity index (χ2v) is 12.1. The molecule has 0 bridgehead atoms. The first-order valence-electron chi connectivity index (χ1n) is 15.0. The molecule has 0 fully saturated rings. The Labute approximate surface area is 245 Å². The van der Waals surface area contributed by atoms with Crippen LogP contribution in [0.1, 0.15) is 128 Å². The second-order valence-electron chi connectivity index (χ2n) is 12.1. The van der Waals surface area contributed by atoms with Gasteiger partial charge in [-0.2, -0.15) is 0 Å². The molecular weight excluding hydrogens is 488 g/mol. The quantitative estimate of drug-likeness (QED) is 0.174. The van der Waals surface area contributed by atoms with Crippen molar-refractivity contribution in [2.75, 3.05) is 23.7 Å². The van der Waals surface area contributed by atoms with E-state index in [9.17, 15) is 0 Å². The Morgan fingerprint density at radius 2 is 0.850 bits per heavy atom. The first-order chi connectivity index (χ1) is 18.8. The van der Waals surface area contributed by atoms with Crippen LogP contribution < -0.4 is 10.6 Å². The van der Waals surface area contributed by atoms with Crippen LogP contribution in [0.2, 0.25) is 0 Å². The van der Waals surface area contributed by atoms with E-state index in [-0.39, 0.29) is 0 Å². The molecule has 0 radical (unpaired) electrons. The number of rotatable bonds is 15. The highest BCUT2D eigenvalue weighted by Gasteiger charge is 2.16. The first-order valence-corrected chi connectivity index (χ1v) is 15.0. The molecular formula is C36H54N4. The summed E-state index contributed by atoms with van der Waals surface area (Å²) in [5.41, 5.74) is 11.3. The van der Waals surface area contributed by atoms with Gasteiger partial charge in [-0.3, -0.25) is 9.98 Å². The number of hydrogen-bond donors (Lipinski definition) is 2. The molecule has 0 atom stereocenters. The van der Waals surface area contributed by atoms with Crippen molar-refractivity contribution >= 4 is 22.8 Å². The van der Waals surface area contributed by atoms with Gasteiger partial charge in [-0.05, 0) is 72.6 Å². The minimum Gasteiger partial charge on any atom is -0.354 e. The highest BCUT2D eigenvalue weighted by atomic mass is 14.9. The van der Waals surface area contributed by atoms with Gasteiger partial charge in [0.15, 0.2) is 0 Å². The Balaban J connectivity index is 1.93. The third-order valence-corrected chi connectivity index (χ3v) is 7.44. The highest BCUT2D eigenvalue weighted by molar-refractivity contribution is 6.01. The van der Waals surface area contributed by atoms with Crippen LogP contribution in [0, 0.1) is 0 Å². The van der Waals surface area contributed by atoms with Gasteiger partial charge in [0.2, 0.25) is 0 Å². The summed E-state index contributed by atoms with van der Waals surface area (Å²) in [5, 5.41) is 7.20. The summed E-state index contributed by atoms with van der Waals surface area (Å²) in [5.74, 6) is 1.74. The largest absolute Gasteiger partial charge is 0.354 e. The van der Waals surface area contributed by atoms with Crippen molar-refractivity contribution in [1.82, 2.24) is 0 Å². The van der Waals surface area contributed by atoms with Crippen LogP contribution in [-0.4, -0.2) is 24.5 Å². The van der Waals surface area contributed by atoms with Gasteiger partial charge in [-0.25, -0.2) is 0 Å². The number of allylic oxidation sites excluding steroid dienone is 2. The summed E-state index contributed by atoms with van der Waals surface area (Å²) >= 11 is 0. The van der Waals surface area contributed by atoms with Crippen LogP contribution in [-0.2, 0) is 0 Å². The summed E-state index contributed by atoms with van der Waals surface area (Å²) in [6.07, 6.45) is 1.96. The molecule has 2 aromatic carbocycles. The molecule has 0 aliphatic rings. The van der Waals surface area contributed by atoms with Crippen molar-refractivity contribution in [2.45, 2.75) is 106 Å². The van der Waals surface area contributed by atoms with Gasteiger partial charge in [0, 0.05) is 24.5 Å². The lowest BCUT2D eigenvalue weighted by Gasteiger charge is -2.22. The number of aliphatic imine (C=N–C) groups is 2. The molecule has 4 nitrogen and oxygen atoms in total. The van der Waals surface area contributed by atoms with E-state index in [2.05, 4.69) is 116 Å². The summed E-state index contributed by atoms with van der Waals surface area (Å²) in [7, 11) is 0. The SMILES string of the molecule is C=C(Nc1c(C(C)C)cccc1C(C)C)C(C)=NCCCCN=C(C)C(=C)Nc1c(C(C)C)cccc1C(C)C. The van der Waals surface area contributed by atoms with E-state index >= 15 is 0 Å². The second kappa shape index (κ2) is 15.6. The fraction of sp³-hybridized carbons (Fsp3) is 0.500. The summed E-state index contributed by atoms with van der Waals surface area (Å²) in [4.78, 5) is 9.61. The predicted octanol–water partition coefficient (Wildman–Crippen LogP) is 10.4. The molecule has 218 valence electrons. The van der Waals surface area contributed by atoms with Crippen molar-refractivity contribution in [2.24, 2.45) is 9.98 Å². The molecule has 0 aliphatic carbocycles. The molecule has 0 amide bonds.